The predicted octanol–water partition coefficient (Wildman–Crippen LogP) is 3.30. The van der Waals surface area contributed by atoms with Gasteiger partial charge >= 0.3 is 5.97 Å². The molecule has 0 unspecified atom stereocenters. The number of ether oxygens (including phenoxy) is 2. The van der Waals surface area contributed by atoms with Crippen LogP contribution in [0, 0.1) is 5.82 Å². The van der Waals surface area contributed by atoms with E-state index in [0.29, 0.717) is 17.7 Å². The Bertz CT molecular complexity index is 712. The highest BCUT2D eigenvalue weighted by Crippen LogP contribution is 2.40. The summed E-state index contributed by atoms with van der Waals surface area (Å²) in [5.74, 6) is -1.63. The molecule has 22 heavy (non-hydrogen) atoms. The number of halogens is 1. The highest BCUT2D eigenvalue weighted by atomic mass is 19.1. The molecular formula is C16H15FO5. The maximum atomic E-state index is 13.3. The number of hydrogen-bond acceptors (Lipinski definition) is 4. The van der Waals surface area contributed by atoms with Gasteiger partial charge in [0.05, 0.1) is 13.7 Å². The molecule has 0 bridgehead atoms. The summed E-state index contributed by atoms with van der Waals surface area (Å²) in [5, 5.41) is 18.9. The monoisotopic (exact) mass is 306 g/mol. The van der Waals surface area contributed by atoms with Crippen molar-refractivity contribution in [1.82, 2.24) is 0 Å². The van der Waals surface area contributed by atoms with E-state index in [-0.39, 0.29) is 17.1 Å². The summed E-state index contributed by atoms with van der Waals surface area (Å²) < 4.78 is 23.9. The first-order chi connectivity index (χ1) is 10.5. The third-order valence-electron chi connectivity index (χ3n) is 3.08. The van der Waals surface area contributed by atoms with Crippen LogP contribution in [0.4, 0.5) is 4.39 Å². The first-order valence-corrected chi connectivity index (χ1v) is 6.55. The molecule has 0 aliphatic rings. The summed E-state index contributed by atoms with van der Waals surface area (Å²) in [6, 6.07) is 6.40. The number of aromatic carboxylic acids is 1. The van der Waals surface area contributed by atoms with Gasteiger partial charge in [-0.2, -0.15) is 0 Å². The summed E-state index contributed by atoms with van der Waals surface area (Å²) in [6.45, 7) is 2.08. The molecule has 0 saturated heterocycles. The Kier molecular flexibility index (Phi) is 4.50. The average molecular weight is 306 g/mol. The number of rotatable bonds is 5. The Morgan fingerprint density at radius 2 is 1.91 bits per heavy atom. The topological polar surface area (TPSA) is 76.0 Å². The van der Waals surface area contributed by atoms with Crippen LogP contribution >= 0.6 is 0 Å². The van der Waals surface area contributed by atoms with Crippen LogP contribution in [0.3, 0.4) is 0 Å². The Hall–Kier alpha value is -2.76. The number of phenols is 1. The largest absolute Gasteiger partial charge is 0.507 e. The molecule has 0 aliphatic carbocycles. The van der Waals surface area contributed by atoms with Gasteiger partial charge in [0, 0.05) is 23.3 Å². The molecule has 0 fully saturated rings. The van der Waals surface area contributed by atoms with Crippen LogP contribution in [-0.2, 0) is 0 Å². The van der Waals surface area contributed by atoms with E-state index in [2.05, 4.69) is 0 Å². The third kappa shape index (κ3) is 2.95. The van der Waals surface area contributed by atoms with Gasteiger partial charge in [-0.15, -0.1) is 0 Å². The molecule has 6 heteroatoms. The van der Waals surface area contributed by atoms with Gasteiger partial charge in [0.15, 0.2) is 0 Å². The van der Waals surface area contributed by atoms with E-state index in [9.17, 15) is 14.3 Å². The number of methoxy groups -OCH3 is 1. The van der Waals surface area contributed by atoms with Crippen LogP contribution in [0.5, 0.6) is 17.2 Å². The van der Waals surface area contributed by atoms with Gasteiger partial charge in [0.2, 0.25) is 0 Å². The molecule has 0 radical (unpaired) electrons. The first kappa shape index (κ1) is 15.6. The maximum absolute atomic E-state index is 13.3. The fraction of sp³-hybridized carbons (Fsp3) is 0.188. The van der Waals surface area contributed by atoms with Crippen LogP contribution in [0.1, 0.15) is 17.3 Å². The van der Waals surface area contributed by atoms with Gasteiger partial charge in [-0.25, -0.2) is 9.18 Å². The number of hydrogen-bond donors (Lipinski definition) is 2. The third-order valence-corrected chi connectivity index (χ3v) is 3.08. The highest BCUT2D eigenvalue weighted by Gasteiger charge is 2.19. The minimum absolute atomic E-state index is 0.239. The molecule has 2 aromatic carbocycles. The van der Waals surface area contributed by atoms with E-state index in [1.54, 1.807) is 6.92 Å². The summed E-state index contributed by atoms with van der Waals surface area (Å²) in [4.78, 5) is 11.2. The van der Waals surface area contributed by atoms with E-state index in [0.717, 1.165) is 0 Å². The van der Waals surface area contributed by atoms with Crippen molar-refractivity contribution in [2.75, 3.05) is 13.7 Å². The standard InChI is InChI=1S/C16H15FO5/c1-3-22-15-8-13(18)12(16(19)20)7-11(15)10-5-4-9(17)6-14(10)21-2/h4-8,18H,3H2,1-2H3,(H,19,20). The number of benzene rings is 2. The summed E-state index contributed by atoms with van der Waals surface area (Å²) in [7, 11) is 1.39. The summed E-state index contributed by atoms with van der Waals surface area (Å²) >= 11 is 0. The molecule has 2 aromatic rings. The molecule has 5 nitrogen and oxygen atoms in total. The molecule has 116 valence electrons. The second-order valence-electron chi connectivity index (χ2n) is 4.45. The molecule has 0 heterocycles. The van der Waals surface area contributed by atoms with Crippen LogP contribution in [0.25, 0.3) is 11.1 Å². The van der Waals surface area contributed by atoms with Crippen molar-refractivity contribution < 1.29 is 28.9 Å². The van der Waals surface area contributed by atoms with Gasteiger partial charge in [-0.3, -0.25) is 0 Å². The Balaban J connectivity index is 2.71. The quantitative estimate of drug-likeness (QED) is 0.886. The first-order valence-electron chi connectivity index (χ1n) is 6.55. The molecular weight excluding hydrogens is 291 g/mol. The molecule has 0 saturated carbocycles. The predicted molar refractivity (Wildman–Crippen MR) is 78.2 cm³/mol. The Morgan fingerprint density at radius 3 is 2.50 bits per heavy atom. The minimum Gasteiger partial charge on any atom is -0.507 e. The van der Waals surface area contributed by atoms with E-state index < -0.39 is 17.5 Å². The lowest BCUT2D eigenvalue weighted by molar-refractivity contribution is 0.0693. The molecule has 0 atom stereocenters. The van der Waals surface area contributed by atoms with Gasteiger partial charge in [0.1, 0.15) is 28.6 Å². The van der Waals surface area contributed by atoms with Gasteiger partial charge < -0.3 is 19.7 Å². The number of carbonyl (C=O) groups is 1. The zero-order valence-electron chi connectivity index (χ0n) is 12.1. The average Bonchev–Trinajstić information content (AvgIpc) is 2.47. The van der Waals surface area contributed by atoms with E-state index in [4.69, 9.17) is 14.6 Å². The number of aromatic hydroxyl groups is 1. The smallest absolute Gasteiger partial charge is 0.339 e. The molecule has 0 amide bonds. The second kappa shape index (κ2) is 6.34. The molecule has 2 rings (SSSR count). The van der Waals surface area contributed by atoms with Crippen molar-refractivity contribution >= 4 is 5.97 Å². The lowest BCUT2D eigenvalue weighted by Gasteiger charge is -2.15. The van der Waals surface area contributed by atoms with Crippen LogP contribution in [0.2, 0.25) is 0 Å². The van der Waals surface area contributed by atoms with Crippen molar-refractivity contribution in [3.63, 3.8) is 0 Å². The zero-order valence-corrected chi connectivity index (χ0v) is 12.1. The van der Waals surface area contributed by atoms with Crippen molar-refractivity contribution in [2.24, 2.45) is 0 Å². The molecule has 0 spiro atoms. The van der Waals surface area contributed by atoms with Crippen LogP contribution in [-0.4, -0.2) is 29.9 Å². The highest BCUT2D eigenvalue weighted by molar-refractivity contribution is 5.94. The minimum atomic E-state index is -1.28. The van der Waals surface area contributed by atoms with Crippen LogP contribution in [0.15, 0.2) is 30.3 Å². The van der Waals surface area contributed by atoms with Crippen LogP contribution < -0.4 is 9.47 Å². The van der Waals surface area contributed by atoms with E-state index >= 15 is 0 Å². The zero-order chi connectivity index (χ0) is 16.3. The number of carboxylic acid groups (broad SMARTS) is 1. The lowest BCUT2D eigenvalue weighted by atomic mass is 10.00. The van der Waals surface area contributed by atoms with Gasteiger partial charge in [0.25, 0.3) is 0 Å². The SMILES string of the molecule is CCOc1cc(O)c(C(=O)O)cc1-c1ccc(F)cc1OC. The molecule has 0 aliphatic heterocycles. The fourth-order valence-corrected chi connectivity index (χ4v) is 2.11. The molecule has 2 N–H and O–H groups in total. The van der Waals surface area contributed by atoms with Gasteiger partial charge in [-0.1, -0.05) is 0 Å². The fourth-order valence-electron chi connectivity index (χ4n) is 2.11. The normalized spacial score (nSPS) is 10.3. The van der Waals surface area contributed by atoms with Crippen molar-refractivity contribution in [3.05, 3.63) is 41.7 Å². The molecule has 0 aromatic heterocycles. The Morgan fingerprint density at radius 1 is 1.18 bits per heavy atom. The second-order valence-corrected chi connectivity index (χ2v) is 4.45. The summed E-state index contributed by atoms with van der Waals surface area (Å²) in [6.07, 6.45) is 0. The van der Waals surface area contributed by atoms with Gasteiger partial charge in [-0.05, 0) is 25.1 Å². The summed E-state index contributed by atoms with van der Waals surface area (Å²) in [5.41, 5.74) is 0.591. The van der Waals surface area contributed by atoms with E-state index in [1.807, 2.05) is 0 Å². The van der Waals surface area contributed by atoms with E-state index in [1.165, 1.54) is 37.4 Å². The maximum Gasteiger partial charge on any atom is 0.339 e. The lowest BCUT2D eigenvalue weighted by Crippen LogP contribution is -2.01. The van der Waals surface area contributed by atoms with Crippen molar-refractivity contribution in [3.8, 4) is 28.4 Å². The van der Waals surface area contributed by atoms with Crippen molar-refractivity contribution in [2.45, 2.75) is 6.92 Å². The Labute approximate surface area is 126 Å². The number of carboxylic acids is 1. The van der Waals surface area contributed by atoms with Crippen molar-refractivity contribution in [1.29, 1.82) is 0 Å².